The third-order valence-corrected chi connectivity index (χ3v) is 4.78. The molecule has 25 heavy (non-hydrogen) atoms. The second kappa shape index (κ2) is 9.73. The number of nitrogens with two attached hydrogens (primary N) is 1. The third-order valence-electron chi connectivity index (χ3n) is 4.78. The minimum Gasteiger partial charge on any atom is -0.373 e. The molecule has 1 aliphatic heterocycles. The summed E-state index contributed by atoms with van der Waals surface area (Å²) >= 11 is 0. The molecule has 2 atom stereocenters. The maximum Gasteiger partial charge on any atom is 0.193 e. The molecule has 140 valence electrons. The quantitative estimate of drug-likeness (QED) is 0.308. The first-order valence-corrected chi connectivity index (χ1v) is 9.16. The van der Waals surface area contributed by atoms with Crippen LogP contribution in [0.15, 0.2) is 23.2 Å². The van der Waals surface area contributed by atoms with E-state index in [1.165, 1.54) is 30.4 Å². The Morgan fingerprint density at radius 1 is 1.24 bits per heavy atom. The summed E-state index contributed by atoms with van der Waals surface area (Å²) in [4.78, 5) is 6.92. The van der Waals surface area contributed by atoms with E-state index in [0.29, 0.717) is 18.2 Å². The maximum absolute atomic E-state index is 6.02. The molecule has 3 N–H and O–H groups in total. The summed E-state index contributed by atoms with van der Waals surface area (Å²) in [5.41, 5.74) is 9.99. The molecule has 1 heterocycles. The second-order valence-electron chi connectivity index (χ2n) is 7.10. The lowest BCUT2D eigenvalue weighted by Crippen LogP contribution is -2.45. The smallest absolute Gasteiger partial charge is 0.193 e. The van der Waals surface area contributed by atoms with E-state index in [1.54, 1.807) is 0 Å². The molecule has 3 rings (SSSR count). The summed E-state index contributed by atoms with van der Waals surface area (Å²) in [7, 11) is 0. The number of nitrogens with one attached hydrogen (secondary N) is 1. The number of guanidine groups is 1. The van der Waals surface area contributed by atoms with E-state index in [1.807, 2.05) is 0 Å². The van der Waals surface area contributed by atoms with Crippen LogP contribution in [0.3, 0.4) is 0 Å². The monoisotopic (exact) mass is 458 g/mol. The number of fused-ring (bicyclic) bond motifs is 1. The highest BCUT2D eigenvalue weighted by Crippen LogP contribution is 2.24. The number of anilines is 1. The SMILES string of the molecule is CC1CN(CCCN=C(N)Nc2ccc3c(c2)CCC3)CC(C)O1.I. The van der Waals surface area contributed by atoms with Crippen molar-refractivity contribution in [3.05, 3.63) is 29.3 Å². The van der Waals surface area contributed by atoms with Crippen molar-refractivity contribution >= 4 is 35.6 Å². The normalized spacial score (nSPS) is 23.8. The molecule has 0 bridgehead atoms. The van der Waals surface area contributed by atoms with Gasteiger partial charge in [0.1, 0.15) is 0 Å². The van der Waals surface area contributed by atoms with Gasteiger partial charge in [0.2, 0.25) is 0 Å². The molecule has 6 heteroatoms. The topological polar surface area (TPSA) is 62.9 Å². The van der Waals surface area contributed by atoms with E-state index in [9.17, 15) is 0 Å². The number of hydrogen-bond donors (Lipinski definition) is 2. The van der Waals surface area contributed by atoms with Gasteiger partial charge < -0.3 is 15.8 Å². The Hall–Kier alpha value is -0.860. The van der Waals surface area contributed by atoms with Gasteiger partial charge in [0.05, 0.1) is 12.2 Å². The average Bonchev–Trinajstić information content (AvgIpc) is 2.98. The van der Waals surface area contributed by atoms with Crippen LogP contribution in [0.2, 0.25) is 0 Å². The van der Waals surface area contributed by atoms with Gasteiger partial charge in [0.25, 0.3) is 0 Å². The molecule has 0 amide bonds. The van der Waals surface area contributed by atoms with Gasteiger partial charge in [-0.3, -0.25) is 9.89 Å². The predicted molar refractivity (Wildman–Crippen MR) is 115 cm³/mol. The molecular formula is C19H31IN4O. The lowest BCUT2D eigenvalue weighted by atomic mass is 10.1. The molecule has 0 spiro atoms. The number of hydrogen-bond acceptors (Lipinski definition) is 3. The Labute approximate surface area is 168 Å². The Morgan fingerprint density at radius 3 is 2.72 bits per heavy atom. The van der Waals surface area contributed by atoms with E-state index in [4.69, 9.17) is 10.5 Å². The van der Waals surface area contributed by atoms with Crippen LogP contribution in [0.4, 0.5) is 5.69 Å². The summed E-state index contributed by atoms with van der Waals surface area (Å²) in [5.74, 6) is 0.511. The van der Waals surface area contributed by atoms with Gasteiger partial charge in [0, 0.05) is 31.9 Å². The van der Waals surface area contributed by atoms with Gasteiger partial charge >= 0.3 is 0 Å². The number of aryl methyl sites for hydroxylation is 2. The lowest BCUT2D eigenvalue weighted by molar-refractivity contribution is -0.0679. The zero-order valence-electron chi connectivity index (χ0n) is 15.3. The van der Waals surface area contributed by atoms with Crippen LogP contribution in [-0.2, 0) is 17.6 Å². The molecule has 1 saturated heterocycles. The number of halogens is 1. The van der Waals surface area contributed by atoms with Crippen LogP contribution in [0.5, 0.6) is 0 Å². The number of morpholine rings is 1. The minimum atomic E-state index is 0. The van der Waals surface area contributed by atoms with Crippen LogP contribution < -0.4 is 11.1 Å². The van der Waals surface area contributed by atoms with Crippen molar-refractivity contribution in [2.45, 2.75) is 51.7 Å². The molecule has 1 aromatic rings. The molecule has 0 aromatic heterocycles. The maximum atomic E-state index is 6.02. The van der Waals surface area contributed by atoms with Gasteiger partial charge in [-0.2, -0.15) is 0 Å². The molecule has 0 radical (unpaired) electrons. The largest absolute Gasteiger partial charge is 0.373 e. The summed E-state index contributed by atoms with van der Waals surface area (Å²) in [6.45, 7) is 8.10. The van der Waals surface area contributed by atoms with Crippen molar-refractivity contribution in [1.82, 2.24) is 4.90 Å². The summed E-state index contributed by atoms with van der Waals surface area (Å²) in [6, 6.07) is 6.52. The van der Waals surface area contributed by atoms with Crippen LogP contribution in [0.1, 0.15) is 37.8 Å². The second-order valence-corrected chi connectivity index (χ2v) is 7.10. The van der Waals surface area contributed by atoms with Crippen LogP contribution >= 0.6 is 24.0 Å². The highest BCUT2D eigenvalue weighted by Gasteiger charge is 2.21. The lowest BCUT2D eigenvalue weighted by Gasteiger charge is -2.35. The molecule has 0 saturated carbocycles. The van der Waals surface area contributed by atoms with Crippen molar-refractivity contribution in [3.8, 4) is 0 Å². The molecular weight excluding hydrogens is 427 g/mol. The fraction of sp³-hybridized carbons (Fsp3) is 0.632. The number of ether oxygens (including phenoxy) is 1. The van der Waals surface area contributed by atoms with Crippen LogP contribution in [-0.4, -0.2) is 49.2 Å². The van der Waals surface area contributed by atoms with Gasteiger partial charge in [-0.05, 0) is 62.8 Å². The highest BCUT2D eigenvalue weighted by molar-refractivity contribution is 14.0. The van der Waals surface area contributed by atoms with E-state index < -0.39 is 0 Å². The predicted octanol–water partition coefficient (Wildman–Crippen LogP) is 3.02. The number of nitrogens with zero attached hydrogens (tertiary/aromatic N) is 2. The Bertz CT molecular complexity index is 583. The zero-order chi connectivity index (χ0) is 16.9. The Kier molecular flexibility index (Phi) is 7.96. The first kappa shape index (κ1) is 20.5. The highest BCUT2D eigenvalue weighted by atomic mass is 127. The van der Waals surface area contributed by atoms with E-state index in [-0.39, 0.29) is 24.0 Å². The molecule has 5 nitrogen and oxygen atoms in total. The number of benzene rings is 1. The molecule has 2 unspecified atom stereocenters. The van der Waals surface area contributed by atoms with Crippen molar-refractivity contribution < 1.29 is 4.74 Å². The molecule has 2 aliphatic rings. The Balaban J connectivity index is 0.00000225. The third kappa shape index (κ3) is 6.11. The van der Waals surface area contributed by atoms with Gasteiger partial charge in [-0.25, -0.2) is 0 Å². The summed E-state index contributed by atoms with van der Waals surface area (Å²) in [6.07, 6.45) is 5.32. The van der Waals surface area contributed by atoms with Crippen molar-refractivity contribution in [3.63, 3.8) is 0 Å². The molecule has 1 aliphatic carbocycles. The summed E-state index contributed by atoms with van der Waals surface area (Å²) < 4.78 is 5.76. The van der Waals surface area contributed by atoms with Gasteiger partial charge in [-0.15, -0.1) is 24.0 Å². The van der Waals surface area contributed by atoms with Crippen molar-refractivity contribution in [1.29, 1.82) is 0 Å². The van der Waals surface area contributed by atoms with Gasteiger partial charge in [0.15, 0.2) is 5.96 Å². The zero-order valence-corrected chi connectivity index (χ0v) is 17.7. The average molecular weight is 458 g/mol. The molecule has 1 fully saturated rings. The fourth-order valence-electron chi connectivity index (χ4n) is 3.80. The van der Waals surface area contributed by atoms with Crippen molar-refractivity contribution in [2.75, 3.05) is 31.5 Å². The number of rotatable bonds is 5. The van der Waals surface area contributed by atoms with E-state index >= 15 is 0 Å². The van der Waals surface area contributed by atoms with Crippen LogP contribution in [0, 0.1) is 0 Å². The summed E-state index contributed by atoms with van der Waals surface area (Å²) in [5, 5.41) is 3.22. The van der Waals surface area contributed by atoms with E-state index in [0.717, 1.165) is 38.3 Å². The first-order valence-electron chi connectivity index (χ1n) is 9.16. The first-order chi connectivity index (χ1) is 11.6. The Morgan fingerprint density at radius 2 is 1.96 bits per heavy atom. The standard InChI is InChI=1S/C19H30N4O.HI/c1-14-12-23(13-15(2)24-14)10-4-9-21-19(20)22-18-8-7-16-5-3-6-17(16)11-18;/h7-8,11,14-15H,3-6,9-10,12-13H2,1-2H3,(H3,20,21,22);1H. The van der Waals surface area contributed by atoms with Gasteiger partial charge in [-0.1, -0.05) is 6.07 Å². The minimum absolute atomic E-state index is 0. The number of aliphatic imine (C=N–C) groups is 1. The fourth-order valence-corrected chi connectivity index (χ4v) is 3.80. The molecule has 1 aromatic carbocycles. The van der Waals surface area contributed by atoms with E-state index in [2.05, 4.69) is 47.3 Å². The van der Waals surface area contributed by atoms with Crippen LogP contribution in [0.25, 0.3) is 0 Å². The van der Waals surface area contributed by atoms with Crippen molar-refractivity contribution in [2.24, 2.45) is 10.7 Å².